The monoisotopic (exact) mass is 199 g/mol. The molecule has 4 nitrogen and oxygen atoms in total. The van der Waals surface area contributed by atoms with Gasteiger partial charge in [0.15, 0.2) is 0 Å². The van der Waals surface area contributed by atoms with Gasteiger partial charge in [0.25, 0.3) is 0 Å². The largest absolute Gasteiger partial charge is 0.481 e. The second-order valence-corrected chi connectivity index (χ2v) is 4.06. The number of hydrogen-bond acceptors (Lipinski definition) is 3. The summed E-state index contributed by atoms with van der Waals surface area (Å²) in [5.74, 6) is -1.13. The molecule has 1 atom stereocenters. The molecule has 1 unspecified atom stereocenters. The van der Waals surface area contributed by atoms with Crippen LogP contribution in [0.5, 0.6) is 0 Å². The van der Waals surface area contributed by atoms with Crippen molar-refractivity contribution in [1.29, 1.82) is 0 Å². The molecule has 1 aliphatic rings. The van der Waals surface area contributed by atoms with Crippen LogP contribution in [0.25, 0.3) is 0 Å². The maximum Gasteiger partial charge on any atom is 0.311 e. The van der Waals surface area contributed by atoms with Crippen LogP contribution in [-0.2, 0) is 9.63 Å². The van der Waals surface area contributed by atoms with Gasteiger partial charge >= 0.3 is 5.97 Å². The molecule has 1 fully saturated rings. The molecular weight excluding hydrogens is 182 g/mol. The summed E-state index contributed by atoms with van der Waals surface area (Å²) in [7, 11) is 0. The number of aliphatic carboxylic acids is 1. The summed E-state index contributed by atoms with van der Waals surface area (Å²) in [6.07, 6.45) is 2.59. The van der Waals surface area contributed by atoms with Gasteiger partial charge in [0.2, 0.25) is 0 Å². The molecule has 0 aromatic rings. The van der Waals surface area contributed by atoms with Crippen LogP contribution in [0.1, 0.15) is 27.2 Å². The van der Waals surface area contributed by atoms with E-state index in [4.69, 9.17) is 9.94 Å². The van der Waals surface area contributed by atoms with Crippen molar-refractivity contribution in [2.24, 2.45) is 11.3 Å². The van der Waals surface area contributed by atoms with Crippen molar-refractivity contribution in [2.75, 3.05) is 6.61 Å². The highest BCUT2D eigenvalue weighted by atomic mass is 16.6. The van der Waals surface area contributed by atoms with Gasteiger partial charge in [0.1, 0.15) is 0 Å². The second kappa shape index (κ2) is 4.00. The van der Waals surface area contributed by atoms with Crippen molar-refractivity contribution in [1.82, 2.24) is 5.48 Å². The van der Waals surface area contributed by atoms with E-state index in [1.165, 1.54) is 0 Å². The Bertz CT molecular complexity index is 258. The summed E-state index contributed by atoms with van der Waals surface area (Å²) in [4.78, 5) is 15.8. The highest BCUT2D eigenvalue weighted by Crippen LogP contribution is 2.57. The molecular formula is C10H17NO3. The van der Waals surface area contributed by atoms with E-state index in [2.05, 4.69) is 5.48 Å². The zero-order valence-electron chi connectivity index (χ0n) is 8.83. The predicted octanol–water partition coefficient (Wildman–Crippen LogP) is 1.54. The van der Waals surface area contributed by atoms with Crippen LogP contribution in [0.3, 0.4) is 0 Å². The summed E-state index contributed by atoms with van der Waals surface area (Å²) in [5.41, 5.74) is 3.33. The fraction of sp³-hybridized carbons (Fsp3) is 0.700. The first-order valence-corrected chi connectivity index (χ1v) is 4.82. The van der Waals surface area contributed by atoms with Crippen LogP contribution in [0, 0.1) is 11.3 Å². The molecule has 0 spiro atoms. The maximum atomic E-state index is 10.8. The van der Waals surface area contributed by atoms with Crippen molar-refractivity contribution in [3.05, 3.63) is 11.8 Å². The maximum absolute atomic E-state index is 10.8. The molecule has 0 amide bonds. The Labute approximate surface area is 83.9 Å². The minimum absolute atomic E-state index is 0.228. The number of nitrogens with one attached hydrogen (secondary N) is 1. The standard InChI is InChI=1S/C10H17NO3/c1-4-5-14-11-6-7-8(9(12)13)10(7,2)3/h6,8,11H,4-5H2,1-3H3,(H,12,13). The van der Waals surface area contributed by atoms with Gasteiger partial charge in [0.05, 0.1) is 12.5 Å². The average molecular weight is 199 g/mol. The fourth-order valence-electron chi connectivity index (χ4n) is 1.56. The molecule has 0 radical (unpaired) electrons. The Morgan fingerprint density at radius 1 is 1.71 bits per heavy atom. The third kappa shape index (κ3) is 2.07. The normalized spacial score (nSPS) is 26.2. The van der Waals surface area contributed by atoms with Crippen LogP contribution >= 0.6 is 0 Å². The average Bonchev–Trinajstić information content (AvgIpc) is 2.62. The number of hydroxylamine groups is 1. The third-order valence-corrected chi connectivity index (χ3v) is 2.54. The van der Waals surface area contributed by atoms with Gasteiger partial charge in [-0.15, -0.1) is 0 Å². The number of carbonyl (C=O) groups is 1. The molecule has 0 aromatic carbocycles. The zero-order valence-corrected chi connectivity index (χ0v) is 8.83. The lowest BCUT2D eigenvalue weighted by Crippen LogP contribution is -2.07. The lowest BCUT2D eigenvalue weighted by molar-refractivity contribution is -0.139. The first-order valence-electron chi connectivity index (χ1n) is 4.82. The summed E-state index contributed by atoms with van der Waals surface area (Å²) >= 11 is 0. The summed E-state index contributed by atoms with van der Waals surface area (Å²) in [5, 5.41) is 8.85. The van der Waals surface area contributed by atoms with Crippen LogP contribution in [0.2, 0.25) is 0 Å². The first kappa shape index (κ1) is 11.0. The van der Waals surface area contributed by atoms with Crippen molar-refractivity contribution in [2.45, 2.75) is 27.2 Å². The van der Waals surface area contributed by atoms with Gasteiger partial charge in [0, 0.05) is 11.6 Å². The van der Waals surface area contributed by atoms with Crippen LogP contribution < -0.4 is 5.48 Å². The van der Waals surface area contributed by atoms with Crippen molar-refractivity contribution in [3.8, 4) is 0 Å². The molecule has 0 heterocycles. The third-order valence-electron chi connectivity index (χ3n) is 2.54. The van der Waals surface area contributed by atoms with E-state index in [-0.39, 0.29) is 11.3 Å². The number of rotatable bonds is 5. The zero-order chi connectivity index (χ0) is 10.8. The Morgan fingerprint density at radius 2 is 2.36 bits per heavy atom. The topological polar surface area (TPSA) is 58.6 Å². The highest BCUT2D eigenvalue weighted by Gasteiger charge is 2.57. The van der Waals surface area contributed by atoms with E-state index in [1.807, 2.05) is 20.8 Å². The minimum atomic E-state index is -0.765. The van der Waals surface area contributed by atoms with E-state index in [0.717, 1.165) is 12.0 Å². The lowest BCUT2D eigenvalue weighted by atomic mass is 10.1. The number of hydrogen-bond donors (Lipinski definition) is 2. The quantitative estimate of drug-likeness (QED) is 0.521. The van der Waals surface area contributed by atoms with Crippen LogP contribution in [-0.4, -0.2) is 17.7 Å². The molecule has 14 heavy (non-hydrogen) atoms. The number of carboxylic acids is 1. The Balaban J connectivity index is 2.43. The van der Waals surface area contributed by atoms with E-state index < -0.39 is 5.97 Å². The highest BCUT2D eigenvalue weighted by molar-refractivity contribution is 5.82. The van der Waals surface area contributed by atoms with E-state index >= 15 is 0 Å². The molecule has 1 aliphatic carbocycles. The van der Waals surface area contributed by atoms with E-state index in [0.29, 0.717) is 6.61 Å². The molecule has 2 N–H and O–H groups in total. The Morgan fingerprint density at radius 3 is 2.79 bits per heavy atom. The molecule has 1 saturated carbocycles. The van der Waals surface area contributed by atoms with Gasteiger partial charge in [-0.3, -0.25) is 15.1 Å². The molecule has 1 rings (SSSR count). The van der Waals surface area contributed by atoms with E-state index in [1.54, 1.807) is 6.20 Å². The van der Waals surface area contributed by atoms with Gasteiger partial charge in [-0.1, -0.05) is 20.8 Å². The van der Waals surface area contributed by atoms with Crippen LogP contribution in [0.15, 0.2) is 11.8 Å². The van der Waals surface area contributed by atoms with Crippen molar-refractivity contribution < 1.29 is 14.7 Å². The van der Waals surface area contributed by atoms with Gasteiger partial charge in [-0.25, -0.2) is 0 Å². The van der Waals surface area contributed by atoms with Crippen molar-refractivity contribution >= 4 is 5.97 Å². The Kier molecular flexibility index (Phi) is 3.16. The summed E-state index contributed by atoms with van der Waals surface area (Å²) < 4.78 is 0. The smallest absolute Gasteiger partial charge is 0.311 e. The molecule has 0 aliphatic heterocycles. The molecule has 0 aromatic heterocycles. The first-order chi connectivity index (χ1) is 6.51. The minimum Gasteiger partial charge on any atom is -0.481 e. The van der Waals surface area contributed by atoms with Gasteiger partial charge in [-0.05, 0) is 12.0 Å². The summed E-state index contributed by atoms with van der Waals surface area (Å²) in [6.45, 7) is 6.47. The second-order valence-electron chi connectivity index (χ2n) is 4.06. The number of carboxylic acid groups (broad SMARTS) is 1. The van der Waals surface area contributed by atoms with Gasteiger partial charge in [-0.2, -0.15) is 0 Å². The SMILES string of the molecule is CCCONC=C1C(C(=O)O)C1(C)C. The van der Waals surface area contributed by atoms with Crippen LogP contribution in [0.4, 0.5) is 0 Å². The fourth-order valence-corrected chi connectivity index (χ4v) is 1.56. The molecule has 0 bridgehead atoms. The molecule has 0 saturated heterocycles. The van der Waals surface area contributed by atoms with Gasteiger partial charge < -0.3 is 5.11 Å². The molecule has 80 valence electrons. The van der Waals surface area contributed by atoms with Crippen molar-refractivity contribution in [3.63, 3.8) is 0 Å². The lowest BCUT2D eigenvalue weighted by Gasteiger charge is -1.98. The predicted molar refractivity (Wildman–Crippen MR) is 52.4 cm³/mol. The Hall–Kier alpha value is -1.03. The molecule has 4 heteroatoms. The van der Waals surface area contributed by atoms with E-state index in [9.17, 15) is 4.79 Å². The summed E-state index contributed by atoms with van der Waals surface area (Å²) in [6, 6.07) is 0.